The Morgan fingerprint density at radius 2 is 2.03 bits per heavy atom. The molecule has 2 atom stereocenters. The summed E-state index contributed by atoms with van der Waals surface area (Å²) >= 11 is 0. The topological polar surface area (TPSA) is 110 Å². The Labute approximate surface area is 215 Å². The summed E-state index contributed by atoms with van der Waals surface area (Å²) in [5.41, 5.74) is 2.27. The van der Waals surface area contributed by atoms with Crippen LogP contribution in [-0.4, -0.2) is 78.7 Å². The fourth-order valence-electron chi connectivity index (χ4n) is 4.67. The molecule has 5 rings (SSSR count). The van der Waals surface area contributed by atoms with E-state index < -0.39 is 23.6 Å². The highest BCUT2D eigenvalue weighted by atomic mass is 19.4. The molecule has 1 fully saturated rings. The summed E-state index contributed by atoms with van der Waals surface area (Å²) < 4.78 is 47.7. The maximum absolute atomic E-state index is 13.1. The molecule has 0 spiro atoms. The first-order valence-electron chi connectivity index (χ1n) is 11.8. The van der Waals surface area contributed by atoms with E-state index >= 15 is 0 Å². The number of alkyl halides is 3. The molecular weight excluding hydrogens is 503 g/mol. The normalized spacial score (nSPS) is 18.4. The van der Waals surface area contributed by atoms with Gasteiger partial charge in [-0.3, -0.25) is 9.69 Å². The number of aryl methyl sites for hydroxylation is 2. The minimum absolute atomic E-state index is 0.172. The number of aliphatic hydroxyl groups excluding tert-OH is 1. The van der Waals surface area contributed by atoms with Gasteiger partial charge in [-0.05, 0) is 25.1 Å². The number of Topliss-reactive ketones (excluding diaryl/α,β-unsaturated/α-hetero) is 1. The van der Waals surface area contributed by atoms with E-state index in [1.165, 1.54) is 16.8 Å². The predicted molar refractivity (Wildman–Crippen MR) is 133 cm³/mol. The molecule has 200 valence electrons. The summed E-state index contributed by atoms with van der Waals surface area (Å²) in [6.07, 6.45) is -1.16. The number of carbonyl (C=O) groups excluding carboxylic acids is 1. The highest BCUT2D eigenvalue weighted by molar-refractivity contribution is 6.11. The molecule has 0 aliphatic carbocycles. The summed E-state index contributed by atoms with van der Waals surface area (Å²) in [5.74, 6) is -1.20. The second-order valence-electron chi connectivity index (χ2n) is 9.30. The van der Waals surface area contributed by atoms with Gasteiger partial charge < -0.3 is 19.7 Å². The van der Waals surface area contributed by atoms with Crippen molar-refractivity contribution in [3.63, 3.8) is 0 Å². The molecule has 0 bridgehead atoms. The lowest BCUT2D eigenvalue weighted by Crippen LogP contribution is -2.25. The largest absolute Gasteiger partial charge is 0.454 e. The molecule has 0 amide bonds. The van der Waals surface area contributed by atoms with Crippen LogP contribution in [0.4, 0.5) is 24.8 Å². The van der Waals surface area contributed by atoms with E-state index in [2.05, 4.69) is 25.3 Å². The summed E-state index contributed by atoms with van der Waals surface area (Å²) in [4.78, 5) is 22.7. The number of aliphatic hydroxyl groups is 1. The molecule has 13 heteroatoms. The monoisotopic (exact) mass is 529 g/mol. The number of rotatable bonds is 7. The van der Waals surface area contributed by atoms with Gasteiger partial charge in [-0.1, -0.05) is 0 Å². The maximum atomic E-state index is 13.1. The van der Waals surface area contributed by atoms with Crippen LogP contribution < -0.4 is 5.32 Å². The molecule has 2 N–H and O–H groups in total. The number of methoxy groups -OCH3 is 1. The van der Waals surface area contributed by atoms with E-state index in [0.29, 0.717) is 36.7 Å². The maximum Gasteiger partial charge on any atom is 0.454 e. The molecule has 4 aromatic rings. The van der Waals surface area contributed by atoms with Crippen LogP contribution >= 0.6 is 0 Å². The van der Waals surface area contributed by atoms with E-state index in [4.69, 9.17) is 4.74 Å². The van der Waals surface area contributed by atoms with Gasteiger partial charge in [0, 0.05) is 80.6 Å². The number of hydrogen-bond acceptors (Lipinski definition) is 8. The Morgan fingerprint density at radius 1 is 1.24 bits per heavy atom. The average molecular weight is 530 g/mol. The van der Waals surface area contributed by atoms with Crippen LogP contribution in [0.2, 0.25) is 0 Å². The van der Waals surface area contributed by atoms with Gasteiger partial charge in [0.25, 0.3) is 5.78 Å². The second kappa shape index (κ2) is 9.82. The van der Waals surface area contributed by atoms with Crippen molar-refractivity contribution < 1.29 is 27.8 Å². The molecule has 4 heterocycles. The first kappa shape index (κ1) is 25.8. The average Bonchev–Trinajstić information content (AvgIpc) is 3.52. The fraction of sp³-hybridized carbons (Fsp3) is 0.360. The van der Waals surface area contributed by atoms with Gasteiger partial charge >= 0.3 is 6.18 Å². The van der Waals surface area contributed by atoms with Crippen LogP contribution in [0.1, 0.15) is 21.6 Å². The van der Waals surface area contributed by atoms with Gasteiger partial charge in [0.05, 0.1) is 23.5 Å². The van der Waals surface area contributed by atoms with E-state index in [1.54, 1.807) is 43.2 Å². The number of β-amino-alcohol motifs (C(OH)–C–C–N with tert-alkyl or cyclic N) is 1. The van der Waals surface area contributed by atoms with E-state index in [1.807, 2.05) is 13.1 Å². The molecule has 1 saturated heterocycles. The van der Waals surface area contributed by atoms with Crippen molar-refractivity contribution in [1.82, 2.24) is 29.2 Å². The fourth-order valence-corrected chi connectivity index (χ4v) is 4.67. The van der Waals surface area contributed by atoms with Crippen LogP contribution in [0.15, 0.2) is 42.9 Å². The van der Waals surface area contributed by atoms with Crippen LogP contribution in [0.3, 0.4) is 0 Å². The van der Waals surface area contributed by atoms with E-state index in [-0.39, 0.29) is 17.4 Å². The number of ether oxygens (including phenoxy) is 1. The molecule has 0 radical (unpaired) electrons. The predicted octanol–water partition coefficient (Wildman–Crippen LogP) is 3.14. The molecule has 1 aromatic carbocycles. The third-order valence-corrected chi connectivity index (χ3v) is 6.63. The first-order valence-corrected chi connectivity index (χ1v) is 11.8. The molecule has 1 aliphatic heterocycles. The van der Waals surface area contributed by atoms with Crippen molar-refractivity contribution in [2.24, 2.45) is 7.05 Å². The zero-order valence-electron chi connectivity index (χ0n) is 20.9. The second-order valence-corrected chi connectivity index (χ2v) is 9.30. The smallest absolute Gasteiger partial charge is 0.389 e. The highest BCUT2D eigenvalue weighted by Gasteiger charge is 2.40. The molecule has 2 unspecified atom stereocenters. The van der Waals surface area contributed by atoms with Crippen LogP contribution in [0.5, 0.6) is 0 Å². The molecule has 10 nitrogen and oxygen atoms in total. The van der Waals surface area contributed by atoms with Gasteiger partial charge in [-0.15, -0.1) is 0 Å². The number of anilines is 2. The number of halogens is 3. The lowest BCUT2D eigenvalue weighted by molar-refractivity contribution is -0.0884. The Morgan fingerprint density at radius 3 is 2.74 bits per heavy atom. The van der Waals surface area contributed by atoms with Gasteiger partial charge in [-0.2, -0.15) is 23.3 Å². The van der Waals surface area contributed by atoms with Gasteiger partial charge in [0.2, 0.25) is 5.95 Å². The van der Waals surface area contributed by atoms with Crippen LogP contribution in [0, 0.1) is 6.92 Å². The standard InChI is InChI=1S/C25H26F3N7O3/c1-14-15(9-34-12-20(36)21(13-34)38-3)10-35(32-14)22-6-7-29-24(31-22)30-16-4-5-19-17(8-16)18(11-33(19)2)23(37)25(26,27)28/h4-8,10-11,20-21,36H,9,12-13H2,1-3H3,(H,29,30,31). The van der Waals surface area contributed by atoms with Crippen molar-refractivity contribution in [3.8, 4) is 5.82 Å². The number of nitrogens with one attached hydrogen (secondary N) is 1. The van der Waals surface area contributed by atoms with Gasteiger partial charge in [0.15, 0.2) is 5.82 Å². The number of carbonyl (C=O) groups is 1. The summed E-state index contributed by atoms with van der Waals surface area (Å²) in [6, 6.07) is 6.45. The minimum atomic E-state index is -4.98. The molecular formula is C25H26F3N7O3. The van der Waals surface area contributed by atoms with Crippen molar-refractivity contribution in [2.75, 3.05) is 25.5 Å². The zero-order valence-corrected chi connectivity index (χ0v) is 20.9. The number of nitrogens with zero attached hydrogens (tertiary/aromatic N) is 6. The summed E-state index contributed by atoms with van der Waals surface area (Å²) in [7, 11) is 3.16. The SMILES string of the molecule is COC1CN(Cc2cn(-c3ccnc(Nc4ccc5c(c4)c(C(=O)C(F)(F)F)cn5C)n3)nc2C)CC1O. The van der Waals surface area contributed by atoms with Gasteiger partial charge in [-0.25, -0.2) is 9.67 Å². The number of fused-ring (bicyclic) bond motifs is 1. The molecule has 3 aromatic heterocycles. The number of likely N-dealkylation sites (tertiary alicyclic amines) is 1. The van der Waals surface area contributed by atoms with Crippen LogP contribution in [0.25, 0.3) is 16.7 Å². The van der Waals surface area contributed by atoms with Crippen molar-refractivity contribution >= 4 is 28.3 Å². The lowest BCUT2D eigenvalue weighted by atomic mass is 10.1. The Bertz CT molecular complexity index is 1500. The number of aromatic nitrogens is 5. The third-order valence-electron chi connectivity index (χ3n) is 6.63. The molecule has 1 aliphatic rings. The van der Waals surface area contributed by atoms with Crippen molar-refractivity contribution in [1.29, 1.82) is 0 Å². The number of benzene rings is 1. The van der Waals surface area contributed by atoms with Crippen LogP contribution in [-0.2, 0) is 18.3 Å². The van der Waals surface area contributed by atoms with E-state index in [9.17, 15) is 23.1 Å². The highest BCUT2D eigenvalue weighted by Crippen LogP contribution is 2.30. The molecule has 0 saturated carbocycles. The number of hydrogen-bond donors (Lipinski definition) is 2. The lowest BCUT2D eigenvalue weighted by Gasteiger charge is -2.14. The quantitative estimate of drug-likeness (QED) is 0.352. The first-order chi connectivity index (χ1) is 18.0. The Hall–Kier alpha value is -3.81. The van der Waals surface area contributed by atoms with Gasteiger partial charge in [0.1, 0.15) is 0 Å². The third kappa shape index (κ3) is 4.99. The summed E-state index contributed by atoms with van der Waals surface area (Å²) in [5, 5.41) is 17.8. The van der Waals surface area contributed by atoms with Crippen molar-refractivity contribution in [2.45, 2.75) is 31.9 Å². The zero-order chi connectivity index (χ0) is 27.2. The van der Waals surface area contributed by atoms with Crippen molar-refractivity contribution in [3.05, 3.63) is 59.7 Å². The number of ketones is 1. The Balaban J connectivity index is 1.37. The molecule has 38 heavy (non-hydrogen) atoms. The van der Waals surface area contributed by atoms with E-state index in [0.717, 1.165) is 11.3 Å². The Kier molecular flexibility index (Phi) is 6.67. The summed E-state index contributed by atoms with van der Waals surface area (Å²) in [6.45, 7) is 3.61. The minimum Gasteiger partial charge on any atom is -0.389 e.